The lowest BCUT2D eigenvalue weighted by Crippen LogP contribution is -2.35. The summed E-state index contributed by atoms with van der Waals surface area (Å²) in [4.78, 5) is 29.5. The molecule has 1 amide bonds. The highest BCUT2D eigenvalue weighted by molar-refractivity contribution is 5.88. The van der Waals surface area contributed by atoms with Gasteiger partial charge < -0.3 is 15.7 Å². The lowest BCUT2D eigenvalue weighted by Gasteiger charge is -2.11. The number of carbonyl (C=O) groups excluding carboxylic acids is 1. The van der Waals surface area contributed by atoms with E-state index in [4.69, 9.17) is 5.11 Å². The molecule has 1 aromatic heterocycles. The van der Waals surface area contributed by atoms with Gasteiger partial charge in [-0.15, -0.1) is 0 Å². The van der Waals surface area contributed by atoms with E-state index in [-0.39, 0.29) is 17.5 Å². The van der Waals surface area contributed by atoms with E-state index in [1.165, 1.54) is 12.5 Å². The molecule has 18 heavy (non-hydrogen) atoms. The van der Waals surface area contributed by atoms with Crippen LogP contribution in [0.2, 0.25) is 0 Å². The van der Waals surface area contributed by atoms with Crippen molar-refractivity contribution in [3.63, 3.8) is 0 Å². The summed E-state index contributed by atoms with van der Waals surface area (Å²) in [6, 6.07) is 0.118. The maximum atomic E-state index is 11.0. The zero-order chi connectivity index (χ0) is 13.0. The van der Waals surface area contributed by atoms with Gasteiger partial charge in [0.2, 0.25) is 5.91 Å². The first-order valence-electron chi connectivity index (χ1n) is 5.69. The number of aromatic carboxylic acids is 1. The molecule has 1 atom stereocenters. The minimum absolute atomic E-state index is 0.0649. The van der Waals surface area contributed by atoms with Crippen molar-refractivity contribution in [3.8, 4) is 0 Å². The zero-order valence-corrected chi connectivity index (χ0v) is 9.72. The number of carboxylic acids is 1. The van der Waals surface area contributed by atoms with Gasteiger partial charge in [0.15, 0.2) is 0 Å². The average Bonchev–Trinajstić information content (AvgIpc) is 2.75. The number of aromatic nitrogens is 2. The Kier molecular flexibility index (Phi) is 3.83. The van der Waals surface area contributed by atoms with Crippen LogP contribution in [0.15, 0.2) is 12.5 Å². The van der Waals surface area contributed by atoms with E-state index >= 15 is 0 Å². The van der Waals surface area contributed by atoms with Gasteiger partial charge >= 0.3 is 5.97 Å². The second-order valence-electron chi connectivity index (χ2n) is 4.12. The molecule has 7 nitrogen and oxygen atoms in total. The summed E-state index contributed by atoms with van der Waals surface area (Å²) >= 11 is 0. The Bertz CT molecular complexity index is 463. The van der Waals surface area contributed by atoms with Crippen LogP contribution in [0.25, 0.3) is 0 Å². The molecular formula is C11H14N4O3. The van der Waals surface area contributed by atoms with Crippen LogP contribution < -0.4 is 10.6 Å². The molecule has 1 saturated heterocycles. The van der Waals surface area contributed by atoms with Crippen molar-refractivity contribution in [1.82, 2.24) is 20.6 Å². The Hall–Kier alpha value is -2.02. The maximum Gasteiger partial charge on any atom is 0.339 e. The van der Waals surface area contributed by atoms with Crippen LogP contribution in [-0.2, 0) is 11.3 Å². The maximum absolute atomic E-state index is 11.0. The minimum Gasteiger partial charge on any atom is -0.478 e. The molecule has 96 valence electrons. The summed E-state index contributed by atoms with van der Waals surface area (Å²) in [6.07, 6.45) is 3.96. The number of nitrogens with zero attached hydrogens (tertiary/aromatic N) is 2. The van der Waals surface area contributed by atoms with Crippen LogP contribution in [0, 0.1) is 0 Å². The van der Waals surface area contributed by atoms with Crippen molar-refractivity contribution in [1.29, 1.82) is 0 Å². The molecule has 2 heterocycles. The number of carbonyl (C=O) groups is 2. The molecule has 2 rings (SSSR count). The van der Waals surface area contributed by atoms with Crippen LogP contribution in [0.5, 0.6) is 0 Å². The molecule has 1 aliphatic heterocycles. The van der Waals surface area contributed by atoms with Gasteiger partial charge in [-0.2, -0.15) is 0 Å². The van der Waals surface area contributed by atoms with E-state index in [1.807, 2.05) is 0 Å². The molecule has 0 spiro atoms. The third-order valence-electron chi connectivity index (χ3n) is 2.79. The Balaban J connectivity index is 1.86. The highest BCUT2D eigenvalue weighted by Gasteiger charge is 2.20. The first-order valence-corrected chi connectivity index (χ1v) is 5.69. The molecule has 0 bridgehead atoms. The van der Waals surface area contributed by atoms with Gasteiger partial charge in [-0.25, -0.2) is 14.8 Å². The Labute approximate surface area is 104 Å². The summed E-state index contributed by atoms with van der Waals surface area (Å²) in [7, 11) is 0. The van der Waals surface area contributed by atoms with E-state index in [2.05, 4.69) is 20.6 Å². The molecule has 1 unspecified atom stereocenters. The number of carboxylic acid groups (broad SMARTS) is 1. The van der Waals surface area contributed by atoms with Crippen molar-refractivity contribution >= 4 is 11.9 Å². The first kappa shape index (κ1) is 12.4. The van der Waals surface area contributed by atoms with Crippen LogP contribution in [0.1, 0.15) is 28.9 Å². The Morgan fingerprint density at radius 2 is 2.44 bits per heavy atom. The largest absolute Gasteiger partial charge is 0.478 e. The number of hydrogen-bond donors (Lipinski definition) is 3. The predicted octanol–water partition coefficient (Wildman–Crippen LogP) is -0.457. The average molecular weight is 250 g/mol. The van der Waals surface area contributed by atoms with Gasteiger partial charge in [0.05, 0.1) is 5.69 Å². The second-order valence-corrected chi connectivity index (χ2v) is 4.12. The third-order valence-corrected chi connectivity index (χ3v) is 2.79. The molecule has 1 fully saturated rings. The van der Waals surface area contributed by atoms with Crippen molar-refractivity contribution in [2.75, 3.05) is 6.54 Å². The van der Waals surface area contributed by atoms with Gasteiger partial charge in [0.1, 0.15) is 11.9 Å². The van der Waals surface area contributed by atoms with Crippen molar-refractivity contribution in [3.05, 3.63) is 23.8 Å². The fraction of sp³-hybridized carbons (Fsp3) is 0.455. The fourth-order valence-corrected chi connectivity index (χ4v) is 1.87. The van der Waals surface area contributed by atoms with E-state index in [0.29, 0.717) is 25.2 Å². The van der Waals surface area contributed by atoms with Gasteiger partial charge in [-0.3, -0.25) is 4.79 Å². The van der Waals surface area contributed by atoms with Crippen LogP contribution in [0.3, 0.4) is 0 Å². The monoisotopic (exact) mass is 250 g/mol. The summed E-state index contributed by atoms with van der Waals surface area (Å²) in [5.74, 6) is -0.975. The smallest absolute Gasteiger partial charge is 0.339 e. The fourth-order valence-electron chi connectivity index (χ4n) is 1.87. The van der Waals surface area contributed by atoms with Gasteiger partial charge in [0.25, 0.3) is 0 Å². The van der Waals surface area contributed by atoms with Crippen LogP contribution >= 0.6 is 0 Å². The highest BCUT2D eigenvalue weighted by Crippen LogP contribution is 2.06. The summed E-state index contributed by atoms with van der Waals surface area (Å²) in [5, 5.41) is 14.9. The van der Waals surface area contributed by atoms with Gasteiger partial charge in [-0.05, 0) is 6.42 Å². The molecular weight excluding hydrogens is 236 g/mol. The molecule has 0 aliphatic carbocycles. The van der Waals surface area contributed by atoms with Crippen LogP contribution in [-0.4, -0.2) is 39.5 Å². The number of nitrogens with one attached hydrogen (secondary N) is 2. The molecule has 0 saturated carbocycles. The van der Waals surface area contributed by atoms with E-state index in [1.54, 1.807) is 0 Å². The Morgan fingerprint density at radius 1 is 1.61 bits per heavy atom. The van der Waals surface area contributed by atoms with Crippen molar-refractivity contribution < 1.29 is 14.7 Å². The SMILES string of the molecule is O=C1CCC(CNCc2ncncc2C(=O)O)N1. The van der Waals surface area contributed by atoms with E-state index < -0.39 is 5.97 Å². The normalized spacial score (nSPS) is 18.7. The molecule has 0 aromatic carbocycles. The van der Waals surface area contributed by atoms with E-state index in [0.717, 1.165) is 6.42 Å². The van der Waals surface area contributed by atoms with Gasteiger partial charge in [0, 0.05) is 31.7 Å². The minimum atomic E-state index is -1.04. The third kappa shape index (κ3) is 3.01. The summed E-state index contributed by atoms with van der Waals surface area (Å²) in [5.41, 5.74) is 0.544. The number of rotatable bonds is 5. The molecule has 0 radical (unpaired) electrons. The lowest BCUT2D eigenvalue weighted by molar-refractivity contribution is -0.119. The second kappa shape index (κ2) is 5.54. The number of hydrogen-bond acceptors (Lipinski definition) is 5. The molecule has 3 N–H and O–H groups in total. The summed E-state index contributed by atoms with van der Waals surface area (Å²) < 4.78 is 0. The van der Waals surface area contributed by atoms with Crippen LogP contribution in [0.4, 0.5) is 0 Å². The quantitative estimate of drug-likeness (QED) is 0.653. The molecule has 1 aliphatic rings. The summed E-state index contributed by atoms with van der Waals surface area (Å²) in [6.45, 7) is 0.950. The van der Waals surface area contributed by atoms with Crippen molar-refractivity contribution in [2.45, 2.75) is 25.4 Å². The topological polar surface area (TPSA) is 104 Å². The molecule has 1 aromatic rings. The van der Waals surface area contributed by atoms with Gasteiger partial charge in [-0.1, -0.05) is 0 Å². The van der Waals surface area contributed by atoms with Crippen molar-refractivity contribution in [2.24, 2.45) is 0 Å². The Morgan fingerprint density at radius 3 is 3.11 bits per heavy atom. The standard InChI is InChI=1S/C11H14N4O3/c16-10-2-1-7(15-10)3-12-5-9-8(11(17)18)4-13-6-14-9/h4,6-7,12H,1-3,5H2,(H,15,16)(H,17,18). The lowest BCUT2D eigenvalue weighted by atomic mass is 10.2. The predicted molar refractivity (Wildman–Crippen MR) is 61.9 cm³/mol. The zero-order valence-electron chi connectivity index (χ0n) is 9.72. The number of amides is 1. The molecule has 7 heteroatoms. The first-order chi connectivity index (χ1) is 8.66. The highest BCUT2D eigenvalue weighted by atomic mass is 16.4. The van der Waals surface area contributed by atoms with E-state index in [9.17, 15) is 9.59 Å².